The molecule has 0 aliphatic rings. The molecule has 5 heteroatoms. The number of nitro groups is 1. The standard InChI is InChI=1S/C11H10N2O3/c12-8-2-1-3-11(14)9-4-6-10(7-5-9)13(15)16/h4-7H,1,3,12H2. The zero-order chi connectivity index (χ0) is 12.0. The molecule has 0 unspecified atom stereocenters. The van der Waals surface area contributed by atoms with E-state index in [0.717, 1.165) is 0 Å². The molecule has 1 aromatic carbocycles. The summed E-state index contributed by atoms with van der Waals surface area (Å²) in [6.45, 7) is 0. The number of carbonyl (C=O) groups is 1. The van der Waals surface area contributed by atoms with E-state index in [2.05, 4.69) is 12.0 Å². The fourth-order valence-electron chi connectivity index (χ4n) is 1.16. The number of rotatable bonds is 4. The van der Waals surface area contributed by atoms with E-state index >= 15 is 0 Å². The van der Waals surface area contributed by atoms with E-state index in [4.69, 9.17) is 5.73 Å². The third-order valence-corrected chi connectivity index (χ3v) is 1.98. The van der Waals surface area contributed by atoms with Crippen molar-refractivity contribution in [1.29, 1.82) is 0 Å². The minimum atomic E-state index is -0.506. The lowest BCUT2D eigenvalue weighted by Crippen LogP contribution is -1.98. The highest BCUT2D eigenvalue weighted by atomic mass is 16.6. The molecular weight excluding hydrogens is 208 g/mol. The van der Waals surface area contributed by atoms with Gasteiger partial charge in [0.05, 0.1) is 4.92 Å². The fraction of sp³-hybridized carbons (Fsp3) is 0.182. The van der Waals surface area contributed by atoms with Gasteiger partial charge in [-0.05, 0) is 12.1 Å². The molecule has 0 amide bonds. The summed E-state index contributed by atoms with van der Waals surface area (Å²) >= 11 is 0. The SMILES string of the molecule is NC#CCCC(=O)c1ccc([N+](=O)[O-])cc1. The number of hydrogen-bond acceptors (Lipinski definition) is 4. The zero-order valence-electron chi connectivity index (χ0n) is 8.47. The summed E-state index contributed by atoms with van der Waals surface area (Å²) in [6.07, 6.45) is 0.661. The predicted octanol–water partition coefficient (Wildman–Crippen LogP) is 1.48. The molecule has 0 saturated carbocycles. The average molecular weight is 218 g/mol. The van der Waals surface area contributed by atoms with Gasteiger partial charge in [-0.1, -0.05) is 5.92 Å². The third kappa shape index (κ3) is 3.10. The van der Waals surface area contributed by atoms with Gasteiger partial charge in [-0.25, -0.2) is 0 Å². The second-order valence-electron chi connectivity index (χ2n) is 3.05. The second-order valence-corrected chi connectivity index (χ2v) is 3.05. The van der Waals surface area contributed by atoms with Crippen molar-refractivity contribution in [1.82, 2.24) is 0 Å². The maximum absolute atomic E-state index is 11.5. The number of ketones is 1. The van der Waals surface area contributed by atoms with E-state index in [1.54, 1.807) is 0 Å². The number of hydrogen-bond donors (Lipinski definition) is 1. The topological polar surface area (TPSA) is 86.2 Å². The van der Waals surface area contributed by atoms with Crippen LogP contribution in [0.4, 0.5) is 5.69 Å². The second kappa shape index (κ2) is 5.51. The van der Waals surface area contributed by atoms with Crippen LogP contribution in [0.15, 0.2) is 24.3 Å². The molecule has 0 radical (unpaired) electrons. The van der Waals surface area contributed by atoms with Crippen LogP contribution in [0.3, 0.4) is 0 Å². The normalized spacial score (nSPS) is 9.00. The lowest BCUT2D eigenvalue weighted by atomic mass is 10.1. The molecule has 0 spiro atoms. The Morgan fingerprint density at radius 1 is 1.38 bits per heavy atom. The van der Waals surface area contributed by atoms with Crippen molar-refractivity contribution in [2.75, 3.05) is 0 Å². The van der Waals surface area contributed by atoms with Crippen LogP contribution in [0.2, 0.25) is 0 Å². The third-order valence-electron chi connectivity index (χ3n) is 1.98. The smallest absolute Gasteiger partial charge is 0.269 e. The molecule has 0 fully saturated rings. The number of nitrogens with two attached hydrogens (primary N) is 1. The van der Waals surface area contributed by atoms with E-state index in [9.17, 15) is 14.9 Å². The highest BCUT2D eigenvalue weighted by Gasteiger charge is 2.08. The molecule has 0 atom stereocenters. The first-order valence-corrected chi connectivity index (χ1v) is 4.61. The van der Waals surface area contributed by atoms with Crippen LogP contribution < -0.4 is 5.73 Å². The van der Waals surface area contributed by atoms with Crippen LogP contribution in [-0.4, -0.2) is 10.7 Å². The highest BCUT2D eigenvalue weighted by molar-refractivity contribution is 5.96. The lowest BCUT2D eigenvalue weighted by molar-refractivity contribution is -0.384. The summed E-state index contributed by atoms with van der Waals surface area (Å²) in [5, 5.41) is 10.4. The van der Waals surface area contributed by atoms with Gasteiger partial charge in [-0.3, -0.25) is 14.9 Å². The van der Waals surface area contributed by atoms with Crippen LogP contribution in [-0.2, 0) is 0 Å². The van der Waals surface area contributed by atoms with Gasteiger partial charge in [0.1, 0.15) is 0 Å². The first-order valence-electron chi connectivity index (χ1n) is 4.61. The Kier molecular flexibility index (Phi) is 4.04. The molecule has 5 nitrogen and oxygen atoms in total. The number of non-ortho nitro benzene ring substituents is 1. The number of nitro benzene ring substituents is 1. The summed E-state index contributed by atoms with van der Waals surface area (Å²) in [7, 11) is 0. The van der Waals surface area contributed by atoms with Crippen LogP contribution in [0, 0.1) is 22.1 Å². The van der Waals surface area contributed by atoms with Gasteiger partial charge < -0.3 is 5.73 Å². The van der Waals surface area contributed by atoms with Crippen molar-refractivity contribution < 1.29 is 9.72 Å². The van der Waals surface area contributed by atoms with Crippen LogP contribution in [0.25, 0.3) is 0 Å². The molecule has 0 bridgehead atoms. The van der Waals surface area contributed by atoms with Crippen molar-refractivity contribution in [3.63, 3.8) is 0 Å². The summed E-state index contributed by atoms with van der Waals surface area (Å²) < 4.78 is 0. The van der Waals surface area contributed by atoms with Crippen molar-refractivity contribution in [2.45, 2.75) is 12.8 Å². The molecule has 82 valence electrons. The molecule has 1 aromatic rings. The van der Waals surface area contributed by atoms with Crippen molar-refractivity contribution in [3.05, 3.63) is 39.9 Å². The Labute approximate surface area is 92.4 Å². The van der Waals surface area contributed by atoms with E-state index < -0.39 is 4.92 Å². The molecule has 0 aliphatic carbocycles. The number of Topliss-reactive ketones (excluding diaryl/α,β-unsaturated/α-hetero) is 1. The molecule has 0 saturated heterocycles. The number of benzene rings is 1. The lowest BCUT2D eigenvalue weighted by Gasteiger charge is -1.97. The molecule has 1 rings (SSSR count). The molecule has 0 heterocycles. The van der Waals surface area contributed by atoms with Gasteiger partial charge in [-0.2, -0.15) is 0 Å². The summed E-state index contributed by atoms with van der Waals surface area (Å²) in [5.74, 6) is 2.48. The predicted molar refractivity (Wildman–Crippen MR) is 58.6 cm³/mol. The Bertz CT molecular complexity index is 454. The summed E-state index contributed by atoms with van der Waals surface area (Å²) in [6, 6.07) is 7.70. The van der Waals surface area contributed by atoms with E-state index in [-0.39, 0.29) is 17.9 Å². The quantitative estimate of drug-likeness (QED) is 0.272. The van der Waals surface area contributed by atoms with Gasteiger partial charge in [0, 0.05) is 36.6 Å². The first kappa shape index (κ1) is 11.7. The number of nitrogens with zero attached hydrogens (tertiary/aromatic N) is 1. The Hall–Kier alpha value is -2.35. The Morgan fingerprint density at radius 3 is 2.50 bits per heavy atom. The fourth-order valence-corrected chi connectivity index (χ4v) is 1.16. The van der Waals surface area contributed by atoms with Gasteiger partial charge >= 0.3 is 0 Å². The molecule has 2 N–H and O–H groups in total. The van der Waals surface area contributed by atoms with Crippen molar-refractivity contribution in [2.24, 2.45) is 5.73 Å². The van der Waals surface area contributed by atoms with Gasteiger partial charge in [0.2, 0.25) is 0 Å². The summed E-state index contributed by atoms with van der Waals surface area (Å²) in [5.41, 5.74) is 5.38. The van der Waals surface area contributed by atoms with Crippen LogP contribution in [0.5, 0.6) is 0 Å². The molecule has 0 aliphatic heterocycles. The van der Waals surface area contributed by atoms with Crippen LogP contribution >= 0.6 is 0 Å². The largest absolute Gasteiger partial charge is 0.359 e. The molecule has 16 heavy (non-hydrogen) atoms. The minimum absolute atomic E-state index is 0.0294. The Balaban J connectivity index is 2.69. The molecule has 0 aromatic heterocycles. The monoisotopic (exact) mass is 218 g/mol. The van der Waals surface area contributed by atoms with Crippen molar-refractivity contribution in [3.8, 4) is 12.0 Å². The molecular formula is C11H10N2O3. The van der Waals surface area contributed by atoms with E-state index in [0.29, 0.717) is 12.0 Å². The first-order chi connectivity index (χ1) is 7.65. The van der Waals surface area contributed by atoms with Gasteiger partial charge in [0.25, 0.3) is 5.69 Å². The van der Waals surface area contributed by atoms with Crippen LogP contribution in [0.1, 0.15) is 23.2 Å². The Morgan fingerprint density at radius 2 is 2.00 bits per heavy atom. The summed E-state index contributed by atoms with van der Waals surface area (Å²) in [4.78, 5) is 21.4. The maximum atomic E-state index is 11.5. The van der Waals surface area contributed by atoms with Crippen molar-refractivity contribution >= 4 is 11.5 Å². The minimum Gasteiger partial charge on any atom is -0.359 e. The highest BCUT2D eigenvalue weighted by Crippen LogP contribution is 2.13. The zero-order valence-corrected chi connectivity index (χ0v) is 8.47. The average Bonchev–Trinajstić information content (AvgIpc) is 2.29. The van der Waals surface area contributed by atoms with E-state index in [1.165, 1.54) is 24.3 Å². The number of carbonyl (C=O) groups excluding carboxylic acids is 1. The van der Waals surface area contributed by atoms with E-state index in [1.807, 2.05) is 0 Å². The van der Waals surface area contributed by atoms with Gasteiger partial charge in [-0.15, -0.1) is 0 Å². The maximum Gasteiger partial charge on any atom is 0.269 e. The van der Waals surface area contributed by atoms with Gasteiger partial charge in [0.15, 0.2) is 5.78 Å².